The van der Waals surface area contributed by atoms with Crippen LogP contribution in [0.25, 0.3) is 0 Å². The number of carbonyl (C=O) groups is 3. The van der Waals surface area contributed by atoms with E-state index in [2.05, 4.69) is 11.9 Å². The second kappa shape index (κ2) is 8.93. The number of amides is 1. The Kier molecular flexibility index (Phi) is 6.85. The normalized spacial score (nSPS) is 31.6. The maximum Gasteiger partial charge on any atom is 0.407 e. The summed E-state index contributed by atoms with van der Waals surface area (Å²) in [5, 5.41) is 4.16. The number of ether oxygens (including phenoxy) is 2. The van der Waals surface area contributed by atoms with E-state index < -0.39 is 12.1 Å². The zero-order chi connectivity index (χ0) is 18.7. The molecule has 6 nitrogen and oxygen atoms in total. The van der Waals surface area contributed by atoms with Crippen LogP contribution in [0.2, 0.25) is 0 Å². The Morgan fingerprint density at radius 1 is 1.23 bits per heavy atom. The van der Waals surface area contributed by atoms with E-state index in [0.29, 0.717) is 39.8 Å². The average molecular weight is 418 g/mol. The summed E-state index contributed by atoms with van der Waals surface area (Å²) in [6.07, 6.45) is 1.92. The van der Waals surface area contributed by atoms with E-state index in [1.54, 1.807) is 18.7 Å². The lowest BCUT2D eigenvalue weighted by Gasteiger charge is -2.29. The van der Waals surface area contributed by atoms with Crippen molar-refractivity contribution in [1.29, 1.82) is 0 Å². The van der Waals surface area contributed by atoms with Crippen molar-refractivity contribution >= 4 is 51.8 Å². The summed E-state index contributed by atoms with van der Waals surface area (Å²) in [6, 6.07) is 0. The van der Waals surface area contributed by atoms with Gasteiger partial charge in [-0.2, -0.15) is 11.8 Å². The van der Waals surface area contributed by atoms with Gasteiger partial charge in [0.2, 0.25) is 4.45 Å². The molecule has 3 rings (SSSR count). The maximum atomic E-state index is 11.6. The second-order valence-electron chi connectivity index (χ2n) is 6.70. The lowest BCUT2D eigenvalue weighted by molar-refractivity contribution is -0.138. The quantitative estimate of drug-likeness (QED) is 0.366. The number of hydrogen-bond donors (Lipinski definition) is 1. The van der Waals surface area contributed by atoms with Gasteiger partial charge in [-0.1, -0.05) is 30.1 Å². The van der Waals surface area contributed by atoms with Crippen molar-refractivity contribution in [2.45, 2.75) is 35.5 Å². The van der Waals surface area contributed by atoms with E-state index in [4.69, 9.17) is 9.47 Å². The van der Waals surface area contributed by atoms with Crippen molar-refractivity contribution in [1.82, 2.24) is 5.32 Å². The maximum absolute atomic E-state index is 11.6. The standard InChI is InChI=1S/C17H23NO5S3/c1-9(2)15(19)22-4-3-18-16(20)23-5-6-24-12-8-10-7-11(12)14-13(10)25-17(21)26-14/h10-14H,1,3-8H2,2H3,(H,18,20). The highest BCUT2D eigenvalue weighted by atomic mass is 32.2. The molecule has 5 unspecified atom stereocenters. The summed E-state index contributed by atoms with van der Waals surface area (Å²) in [5.41, 5.74) is 0.329. The van der Waals surface area contributed by atoms with Crippen LogP contribution in [-0.4, -0.2) is 57.8 Å². The summed E-state index contributed by atoms with van der Waals surface area (Å²) in [7, 11) is 0. The van der Waals surface area contributed by atoms with Gasteiger partial charge in [-0.3, -0.25) is 4.79 Å². The van der Waals surface area contributed by atoms with Crippen molar-refractivity contribution in [3.8, 4) is 0 Å². The van der Waals surface area contributed by atoms with Crippen LogP contribution < -0.4 is 5.32 Å². The third kappa shape index (κ3) is 4.72. The third-order valence-corrected chi connectivity index (χ3v) is 9.24. The molecule has 2 bridgehead atoms. The van der Waals surface area contributed by atoms with Crippen LogP contribution >= 0.6 is 35.3 Å². The largest absolute Gasteiger partial charge is 0.460 e. The van der Waals surface area contributed by atoms with Gasteiger partial charge in [0, 0.05) is 27.1 Å². The van der Waals surface area contributed by atoms with Gasteiger partial charge >= 0.3 is 12.1 Å². The van der Waals surface area contributed by atoms with Crippen LogP contribution in [0, 0.1) is 11.8 Å². The molecule has 2 saturated carbocycles. The molecule has 0 aromatic heterocycles. The molecule has 0 aromatic carbocycles. The minimum atomic E-state index is -0.502. The first kappa shape index (κ1) is 19.9. The first-order valence-electron chi connectivity index (χ1n) is 8.68. The molecule has 5 atom stereocenters. The van der Waals surface area contributed by atoms with Crippen molar-refractivity contribution in [3.63, 3.8) is 0 Å². The van der Waals surface area contributed by atoms with Crippen LogP contribution in [0.1, 0.15) is 19.8 Å². The molecule has 26 heavy (non-hydrogen) atoms. The Labute approximate surface area is 166 Å². The predicted molar refractivity (Wildman–Crippen MR) is 106 cm³/mol. The summed E-state index contributed by atoms with van der Waals surface area (Å²) >= 11 is 4.94. The zero-order valence-electron chi connectivity index (χ0n) is 14.6. The van der Waals surface area contributed by atoms with Crippen molar-refractivity contribution in [2.75, 3.05) is 25.5 Å². The molecule has 9 heteroatoms. The number of esters is 1. The Morgan fingerprint density at radius 2 is 2.00 bits per heavy atom. The van der Waals surface area contributed by atoms with Crippen LogP contribution in [-0.2, 0) is 14.3 Å². The first-order valence-corrected chi connectivity index (χ1v) is 11.5. The molecule has 144 valence electrons. The average Bonchev–Trinajstić information content (AvgIpc) is 3.26. The minimum absolute atomic E-state index is 0.0949. The van der Waals surface area contributed by atoms with Gasteiger partial charge in [0.25, 0.3) is 0 Å². The van der Waals surface area contributed by atoms with E-state index in [9.17, 15) is 14.4 Å². The molecule has 1 amide bonds. The number of fused-ring (bicyclic) bond motifs is 5. The second-order valence-corrected chi connectivity index (χ2v) is 10.6. The minimum Gasteiger partial charge on any atom is -0.460 e. The molecule has 1 saturated heterocycles. The number of rotatable bonds is 8. The highest BCUT2D eigenvalue weighted by Gasteiger charge is 2.57. The molecule has 0 radical (unpaired) electrons. The number of alkyl carbamates (subject to hydrolysis) is 1. The molecule has 1 aliphatic heterocycles. The van der Waals surface area contributed by atoms with Gasteiger partial charge in [0.15, 0.2) is 0 Å². The monoisotopic (exact) mass is 417 g/mol. The van der Waals surface area contributed by atoms with E-state index in [1.807, 2.05) is 11.8 Å². The summed E-state index contributed by atoms with van der Waals surface area (Å²) in [4.78, 5) is 34.4. The molecule has 2 aliphatic carbocycles. The highest BCUT2D eigenvalue weighted by molar-refractivity contribution is 8.41. The Bertz CT molecular complexity index is 599. The summed E-state index contributed by atoms with van der Waals surface area (Å²) in [5.74, 6) is 1.59. The fraction of sp³-hybridized carbons (Fsp3) is 0.706. The van der Waals surface area contributed by atoms with E-state index in [0.717, 1.165) is 5.75 Å². The molecule has 1 N–H and O–H groups in total. The predicted octanol–water partition coefficient (Wildman–Crippen LogP) is 3.31. The molecule has 3 fully saturated rings. The van der Waals surface area contributed by atoms with Crippen LogP contribution in [0.5, 0.6) is 0 Å². The third-order valence-electron chi connectivity index (χ3n) is 4.86. The van der Waals surface area contributed by atoms with Crippen molar-refractivity contribution in [3.05, 3.63) is 12.2 Å². The number of carbonyl (C=O) groups excluding carboxylic acids is 3. The topological polar surface area (TPSA) is 81.7 Å². The summed E-state index contributed by atoms with van der Waals surface area (Å²) < 4.78 is 10.3. The first-order chi connectivity index (χ1) is 12.5. The van der Waals surface area contributed by atoms with Gasteiger partial charge in [-0.05, 0) is 31.6 Å². The van der Waals surface area contributed by atoms with Gasteiger partial charge < -0.3 is 14.8 Å². The molecule has 0 aromatic rings. The van der Waals surface area contributed by atoms with Crippen molar-refractivity contribution in [2.24, 2.45) is 11.8 Å². The Hall–Kier alpha value is -0.800. The lowest BCUT2D eigenvalue weighted by Crippen LogP contribution is -2.32. The van der Waals surface area contributed by atoms with E-state index in [-0.39, 0.29) is 17.6 Å². The zero-order valence-corrected chi connectivity index (χ0v) is 17.1. The fourth-order valence-corrected chi connectivity index (χ4v) is 8.50. The Morgan fingerprint density at radius 3 is 2.77 bits per heavy atom. The van der Waals surface area contributed by atoms with Crippen LogP contribution in [0.4, 0.5) is 9.59 Å². The van der Waals surface area contributed by atoms with Gasteiger partial charge in [-0.15, -0.1) is 0 Å². The Balaban J connectivity index is 1.25. The highest BCUT2D eigenvalue weighted by Crippen LogP contribution is 2.61. The van der Waals surface area contributed by atoms with Crippen molar-refractivity contribution < 1.29 is 23.9 Å². The number of thioether (sulfide) groups is 3. The van der Waals surface area contributed by atoms with Gasteiger partial charge in [0.1, 0.15) is 13.2 Å². The van der Waals surface area contributed by atoms with Crippen LogP contribution in [0.3, 0.4) is 0 Å². The van der Waals surface area contributed by atoms with E-state index >= 15 is 0 Å². The smallest absolute Gasteiger partial charge is 0.407 e. The fourth-order valence-electron chi connectivity index (χ4n) is 3.76. The lowest BCUT2D eigenvalue weighted by atomic mass is 9.99. The van der Waals surface area contributed by atoms with Gasteiger partial charge in [0.05, 0.1) is 6.54 Å². The molecule has 1 heterocycles. The molecular formula is C17H23NO5S3. The van der Waals surface area contributed by atoms with Crippen LogP contribution in [0.15, 0.2) is 12.2 Å². The number of nitrogens with one attached hydrogen (secondary N) is 1. The molecule has 0 spiro atoms. The van der Waals surface area contributed by atoms with E-state index in [1.165, 1.54) is 24.6 Å². The number of hydrogen-bond acceptors (Lipinski definition) is 8. The summed E-state index contributed by atoms with van der Waals surface area (Å²) in [6.45, 7) is 5.71. The molecule has 3 aliphatic rings. The van der Waals surface area contributed by atoms with Gasteiger partial charge in [-0.25, -0.2) is 9.59 Å². The molecular weight excluding hydrogens is 394 g/mol. The SMILES string of the molecule is C=C(C)C(=O)OCCNC(=O)OCCSC1CC2CC1C1SC(=O)SC21.